The van der Waals surface area contributed by atoms with Gasteiger partial charge in [0.2, 0.25) is 5.91 Å². The van der Waals surface area contributed by atoms with Crippen molar-refractivity contribution in [2.24, 2.45) is 0 Å². The number of carbonyl (C=O) groups is 4. The molecule has 2 N–H and O–H groups in total. The second kappa shape index (κ2) is 14.7. The minimum atomic E-state index is -1.13. The third kappa shape index (κ3) is 8.49. The third-order valence-corrected chi connectivity index (χ3v) is 6.62. The van der Waals surface area contributed by atoms with Crippen LogP contribution in [0, 0.1) is 0 Å². The van der Waals surface area contributed by atoms with Gasteiger partial charge in [0.05, 0.1) is 32.5 Å². The number of aromatic nitrogens is 2. The average molecular weight is 592 g/mol. The van der Waals surface area contributed by atoms with Gasteiger partial charge in [0.25, 0.3) is 5.91 Å². The fourth-order valence-corrected chi connectivity index (χ4v) is 4.44. The minimum Gasteiger partial charge on any atom is -0.497 e. The number of piperazine rings is 1. The minimum absolute atomic E-state index is 0.00690. The van der Waals surface area contributed by atoms with Crippen molar-refractivity contribution in [1.29, 1.82) is 0 Å². The van der Waals surface area contributed by atoms with E-state index < -0.39 is 30.0 Å². The van der Waals surface area contributed by atoms with Gasteiger partial charge >= 0.3 is 12.1 Å². The zero-order chi connectivity index (χ0) is 30.8. The van der Waals surface area contributed by atoms with E-state index in [1.54, 1.807) is 32.2 Å². The van der Waals surface area contributed by atoms with Crippen molar-refractivity contribution < 1.29 is 38.6 Å². The first-order chi connectivity index (χ1) is 20.8. The number of carboxylic acid groups (broad SMARTS) is 1. The predicted octanol–water partition coefficient (Wildman–Crippen LogP) is 3.01. The fourth-order valence-electron chi connectivity index (χ4n) is 4.44. The molecule has 2 aromatic carbocycles. The van der Waals surface area contributed by atoms with Gasteiger partial charge in [-0.05, 0) is 31.5 Å². The molecular formula is C30H33N5O8. The molecule has 0 aliphatic carbocycles. The van der Waals surface area contributed by atoms with E-state index >= 15 is 0 Å². The monoisotopic (exact) mass is 591 g/mol. The summed E-state index contributed by atoms with van der Waals surface area (Å²) in [6.07, 6.45) is -1.29. The number of hydrogen-bond donors (Lipinski definition) is 2. The van der Waals surface area contributed by atoms with Crippen LogP contribution in [0.5, 0.6) is 5.75 Å². The topological polar surface area (TPSA) is 160 Å². The van der Waals surface area contributed by atoms with Gasteiger partial charge in [-0.25, -0.2) is 14.8 Å². The molecule has 2 heterocycles. The van der Waals surface area contributed by atoms with Crippen LogP contribution in [0.15, 0.2) is 60.7 Å². The highest BCUT2D eigenvalue weighted by Crippen LogP contribution is 2.25. The molecule has 1 aliphatic rings. The number of aliphatic carboxylic acids is 1. The van der Waals surface area contributed by atoms with Crippen LogP contribution >= 0.6 is 0 Å². The SMILES string of the molecule is CCOC(=O)ON1CCN(C(=O)[C@H](CCC(=O)O)NC(=O)c2cc(-c3cccc(OC)c3)nc(-c3ccccc3)n2)CC1. The van der Waals surface area contributed by atoms with Gasteiger partial charge in [0.15, 0.2) is 5.82 Å². The molecule has 2 amide bonds. The highest BCUT2D eigenvalue weighted by atomic mass is 16.8. The van der Waals surface area contributed by atoms with Crippen LogP contribution in [0.3, 0.4) is 0 Å². The van der Waals surface area contributed by atoms with Crippen molar-refractivity contribution in [2.75, 3.05) is 39.9 Å². The van der Waals surface area contributed by atoms with Crippen LogP contribution in [0.2, 0.25) is 0 Å². The smallest absolute Gasteiger partial charge is 0.497 e. The Morgan fingerprint density at radius 2 is 1.67 bits per heavy atom. The molecule has 13 heteroatoms. The summed E-state index contributed by atoms with van der Waals surface area (Å²) in [6, 6.07) is 16.7. The summed E-state index contributed by atoms with van der Waals surface area (Å²) in [7, 11) is 1.55. The first kappa shape index (κ1) is 30.9. The number of hydrogen-bond acceptors (Lipinski definition) is 10. The lowest BCUT2D eigenvalue weighted by Crippen LogP contribution is -2.55. The Balaban J connectivity index is 1.57. The van der Waals surface area contributed by atoms with Crippen molar-refractivity contribution in [3.8, 4) is 28.4 Å². The van der Waals surface area contributed by atoms with Gasteiger partial charge in [-0.3, -0.25) is 14.4 Å². The molecule has 0 spiro atoms. The molecule has 3 aromatic rings. The number of carbonyl (C=O) groups excluding carboxylic acids is 3. The molecule has 1 aliphatic heterocycles. The summed E-state index contributed by atoms with van der Waals surface area (Å²) in [5, 5.41) is 13.4. The van der Waals surface area contributed by atoms with Gasteiger partial charge in [0, 0.05) is 30.6 Å². The van der Waals surface area contributed by atoms with Gasteiger partial charge in [-0.2, -0.15) is 0 Å². The molecule has 0 unspecified atom stereocenters. The fraction of sp³-hybridized carbons (Fsp3) is 0.333. The van der Waals surface area contributed by atoms with E-state index in [0.29, 0.717) is 28.4 Å². The number of rotatable bonds is 11. The molecule has 226 valence electrons. The summed E-state index contributed by atoms with van der Waals surface area (Å²) in [5.41, 5.74) is 1.84. The van der Waals surface area contributed by atoms with E-state index in [-0.39, 0.29) is 51.3 Å². The number of hydroxylamine groups is 2. The Labute approximate surface area is 248 Å². The first-order valence-electron chi connectivity index (χ1n) is 13.8. The van der Waals surface area contributed by atoms with E-state index in [1.165, 1.54) is 16.0 Å². The summed E-state index contributed by atoms with van der Waals surface area (Å²) in [5.74, 6) is -1.30. The predicted molar refractivity (Wildman–Crippen MR) is 154 cm³/mol. The highest BCUT2D eigenvalue weighted by molar-refractivity contribution is 5.97. The molecule has 1 fully saturated rings. The lowest BCUT2D eigenvalue weighted by molar-refractivity contribution is -0.157. The van der Waals surface area contributed by atoms with Crippen LogP contribution in [0.4, 0.5) is 4.79 Å². The van der Waals surface area contributed by atoms with E-state index in [1.807, 2.05) is 36.4 Å². The maximum absolute atomic E-state index is 13.6. The van der Waals surface area contributed by atoms with Crippen molar-refractivity contribution in [3.63, 3.8) is 0 Å². The number of nitrogens with one attached hydrogen (secondary N) is 1. The van der Waals surface area contributed by atoms with Crippen LogP contribution in [-0.4, -0.2) is 94.9 Å². The quantitative estimate of drug-likeness (QED) is 0.316. The molecule has 13 nitrogen and oxygen atoms in total. The van der Waals surface area contributed by atoms with Gasteiger partial charge in [-0.1, -0.05) is 42.5 Å². The van der Waals surface area contributed by atoms with Crippen LogP contribution in [0.25, 0.3) is 22.6 Å². The molecule has 1 saturated heterocycles. The standard InChI is InChI=1S/C30H33N5O8/c1-3-42-30(40)43-35-16-14-34(15-17-35)29(39)23(12-13-26(36)37)33-28(38)25-19-24(21-10-7-11-22(18-21)41-2)31-27(32-25)20-8-5-4-6-9-20/h4-11,18-19,23H,3,12-17H2,1-2H3,(H,33,38)(H,36,37)/t23-/m0/s1. The molecule has 4 rings (SSSR count). The Bertz CT molecular complexity index is 1440. The second-order valence-electron chi connectivity index (χ2n) is 9.55. The zero-order valence-electron chi connectivity index (χ0n) is 23.9. The Morgan fingerprint density at radius 1 is 0.953 bits per heavy atom. The van der Waals surface area contributed by atoms with Crippen LogP contribution in [-0.2, 0) is 19.2 Å². The summed E-state index contributed by atoms with van der Waals surface area (Å²) in [4.78, 5) is 65.8. The number of ether oxygens (including phenoxy) is 2. The molecule has 0 bridgehead atoms. The molecule has 0 saturated carbocycles. The van der Waals surface area contributed by atoms with Crippen LogP contribution < -0.4 is 10.1 Å². The van der Waals surface area contributed by atoms with E-state index in [9.17, 15) is 24.3 Å². The maximum atomic E-state index is 13.6. The van der Waals surface area contributed by atoms with Crippen molar-refractivity contribution in [2.45, 2.75) is 25.8 Å². The highest BCUT2D eigenvalue weighted by Gasteiger charge is 2.31. The average Bonchev–Trinajstić information content (AvgIpc) is 3.03. The number of benzene rings is 2. The Hall–Kier alpha value is -5.04. The van der Waals surface area contributed by atoms with Gasteiger partial charge < -0.3 is 29.6 Å². The normalized spacial score (nSPS) is 14.0. The molecule has 0 radical (unpaired) electrons. The van der Waals surface area contributed by atoms with Gasteiger partial charge in [-0.15, -0.1) is 5.06 Å². The second-order valence-corrected chi connectivity index (χ2v) is 9.55. The lowest BCUT2D eigenvalue weighted by atomic mass is 10.1. The number of carboxylic acids is 1. The third-order valence-electron chi connectivity index (χ3n) is 6.62. The van der Waals surface area contributed by atoms with Crippen molar-refractivity contribution in [1.82, 2.24) is 25.2 Å². The number of methoxy groups -OCH3 is 1. The molecule has 1 aromatic heterocycles. The molecular weight excluding hydrogens is 558 g/mol. The largest absolute Gasteiger partial charge is 0.527 e. The van der Waals surface area contributed by atoms with E-state index in [0.717, 1.165) is 0 Å². The number of amides is 2. The van der Waals surface area contributed by atoms with Crippen molar-refractivity contribution in [3.05, 3.63) is 66.4 Å². The number of nitrogens with zero attached hydrogens (tertiary/aromatic N) is 4. The Morgan fingerprint density at radius 3 is 2.35 bits per heavy atom. The first-order valence-corrected chi connectivity index (χ1v) is 13.8. The van der Waals surface area contributed by atoms with E-state index in [4.69, 9.17) is 14.3 Å². The van der Waals surface area contributed by atoms with Crippen LogP contribution in [0.1, 0.15) is 30.3 Å². The summed E-state index contributed by atoms with van der Waals surface area (Å²) < 4.78 is 10.1. The molecule has 1 atom stereocenters. The van der Waals surface area contributed by atoms with Crippen molar-refractivity contribution >= 4 is 23.9 Å². The van der Waals surface area contributed by atoms with E-state index in [2.05, 4.69) is 15.3 Å². The summed E-state index contributed by atoms with van der Waals surface area (Å²) >= 11 is 0. The van der Waals surface area contributed by atoms with Gasteiger partial charge in [0.1, 0.15) is 17.5 Å². The Kier molecular flexibility index (Phi) is 10.6. The lowest BCUT2D eigenvalue weighted by Gasteiger charge is -2.35. The zero-order valence-corrected chi connectivity index (χ0v) is 23.9. The summed E-state index contributed by atoms with van der Waals surface area (Å²) in [6.45, 7) is 2.67. The molecule has 43 heavy (non-hydrogen) atoms. The maximum Gasteiger partial charge on any atom is 0.527 e.